The Morgan fingerprint density at radius 3 is 2.89 bits per heavy atom. The van der Waals surface area contributed by atoms with Gasteiger partial charge in [0.1, 0.15) is 0 Å². The van der Waals surface area contributed by atoms with Gasteiger partial charge in [-0.25, -0.2) is 4.79 Å². The minimum Gasteiger partial charge on any atom is -0.404 e. The Hall–Kier alpha value is -0.825. The molecule has 8 heteroatoms. The minimum absolute atomic E-state index is 0.0521. The first-order valence-electron chi connectivity index (χ1n) is 10.7. The Bertz CT molecular complexity index is 614. The standard InChI is InChI=1S/C19H32BN3O4/c1-18(2)12-9-14(18)19(3)15(10-12)25-20(27-19)16-5-4-8-23(16)17(24)26-22-13-6-7-21-11-13/h12-16,21-22H,4-11H2,1-3H3/t12-,13+,14-,15+,16-,19-/m0/s1. The highest BCUT2D eigenvalue weighted by Crippen LogP contribution is 2.65. The van der Waals surface area contributed by atoms with Crippen LogP contribution >= 0.6 is 0 Å². The van der Waals surface area contributed by atoms with E-state index in [2.05, 4.69) is 31.6 Å². The largest absolute Gasteiger partial charge is 0.482 e. The number of hydrogen-bond donors (Lipinski definition) is 2. The summed E-state index contributed by atoms with van der Waals surface area (Å²) >= 11 is 0. The molecule has 3 aliphatic heterocycles. The summed E-state index contributed by atoms with van der Waals surface area (Å²) in [6.07, 6.45) is 5.01. The molecular formula is C19H32BN3O4. The maximum absolute atomic E-state index is 12.6. The van der Waals surface area contributed by atoms with Gasteiger partial charge < -0.3 is 24.4 Å². The molecule has 27 heavy (non-hydrogen) atoms. The van der Waals surface area contributed by atoms with E-state index in [1.165, 1.54) is 6.42 Å². The van der Waals surface area contributed by atoms with Crippen molar-refractivity contribution in [2.45, 2.75) is 76.6 Å². The quantitative estimate of drug-likeness (QED) is 0.577. The Kier molecular flexibility index (Phi) is 4.28. The highest BCUT2D eigenvalue weighted by molar-refractivity contribution is 6.47. The zero-order chi connectivity index (χ0) is 18.8. The summed E-state index contributed by atoms with van der Waals surface area (Å²) in [6.45, 7) is 9.47. The predicted octanol–water partition coefficient (Wildman–Crippen LogP) is 1.72. The maximum atomic E-state index is 12.6. The Balaban J connectivity index is 1.24. The zero-order valence-electron chi connectivity index (χ0n) is 16.7. The van der Waals surface area contributed by atoms with Crippen molar-refractivity contribution in [2.75, 3.05) is 19.6 Å². The van der Waals surface area contributed by atoms with E-state index in [4.69, 9.17) is 14.1 Å². The fraction of sp³-hybridized carbons (Fsp3) is 0.947. The molecular weight excluding hydrogens is 345 g/mol. The molecule has 2 bridgehead atoms. The number of amides is 1. The second kappa shape index (κ2) is 6.34. The van der Waals surface area contributed by atoms with Crippen molar-refractivity contribution in [1.29, 1.82) is 0 Å². The van der Waals surface area contributed by atoms with Crippen LogP contribution in [0.5, 0.6) is 0 Å². The molecule has 0 spiro atoms. The smallest absolute Gasteiger partial charge is 0.404 e. The highest BCUT2D eigenvalue weighted by atomic mass is 16.7. The lowest BCUT2D eigenvalue weighted by atomic mass is 9.43. The van der Waals surface area contributed by atoms with Crippen LogP contribution in [0.15, 0.2) is 0 Å². The molecule has 6 atom stereocenters. The first-order chi connectivity index (χ1) is 12.9. The second-order valence-corrected chi connectivity index (χ2v) is 9.92. The lowest BCUT2D eigenvalue weighted by molar-refractivity contribution is -0.199. The lowest BCUT2D eigenvalue weighted by Gasteiger charge is -2.64. The third-order valence-corrected chi connectivity index (χ3v) is 8.19. The summed E-state index contributed by atoms with van der Waals surface area (Å²) in [4.78, 5) is 19.8. The van der Waals surface area contributed by atoms with Gasteiger partial charge in [-0.2, -0.15) is 0 Å². The number of hydroxylamine groups is 1. The Morgan fingerprint density at radius 1 is 1.30 bits per heavy atom. The number of nitrogens with one attached hydrogen (secondary N) is 2. The van der Waals surface area contributed by atoms with Crippen LogP contribution < -0.4 is 10.8 Å². The average Bonchev–Trinajstić information content (AvgIpc) is 3.36. The molecule has 3 saturated heterocycles. The molecule has 0 aromatic heterocycles. The van der Waals surface area contributed by atoms with Gasteiger partial charge in [0.15, 0.2) is 0 Å². The molecule has 0 aromatic rings. The van der Waals surface area contributed by atoms with E-state index in [1.807, 2.05) is 0 Å². The van der Waals surface area contributed by atoms with Crippen molar-refractivity contribution in [1.82, 2.24) is 15.7 Å². The molecule has 0 radical (unpaired) electrons. The van der Waals surface area contributed by atoms with Crippen LogP contribution in [0.1, 0.15) is 52.9 Å². The molecule has 3 aliphatic carbocycles. The molecule has 3 saturated carbocycles. The second-order valence-electron chi connectivity index (χ2n) is 9.92. The first kappa shape index (κ1) is 18.2. The van der Waals surface area contributed by atoms with Crippen LogP contribution in [-0.4, -0.2) is 61.4 Å². The molecule has 6 aliphatic rings. The van der Waals surface area contributed by atoms with Crippen LogP contribution in [-0.2, 0) is 14.1 Å². The molecule has 0 unspecified atom stereocenters. The molecule has 150 valence electrons. The molecule has 3 heterocycles. The summed E-state index contributed by atoms with van der Waals surface area (Å²) in [6, 6.07) is 0.199. The normalized spacial score (nSPS) is 44.9. The van der Waals surface area contributed by atoms with Gasteiger partial charge in [0.25, 0.3) is 0 Å². The van der Waals surface area contributed by atoms with Gasteiger partial charge in [-0.05, 0) is 62.8 Å². The lowest BCUT2D eigenvalue weighted by Crippen LogP contribution is -2.65. The van der Waals surface area contributed by atoms with Crippen LogP contribution in [0.25, 0.3) is 0 Å². The SMILES string of the molecule is CC1(C)[C@@H]2C[C@H]3OB([C@@H]4CCCN4C(=O)ON[C@@H]4CCNC4)O[C@@]3(C)[C@H]1C2. The Labute approximate surface area is 161 Å². The van der Waals surface area contributed by atoms with Crippen molar-refractivity contribution < 1.29 is 18.9 Å². The van der Waals surface area contributed by atoms with E-state index in [9.17, 15) is 4.79 Å². The summed E-state index contributed by atoms with van der Waals surface area (Å²) in [5.74, 6) is 1.22. The number of rotatable bonds is 3. The third kappa shape index (κ3) is 2.75. The van der Waals surface area contributed by atoms with Gasteiger partial charge in [-0.15, -0.1) is 5.48 Å². The first-order valence-corrected chi connectivity index (χ1v) is 10.7. The molecule has 1 amide bonds. The van der Waals surface area contributed by atoms with Crippen LogP contribution in [0.4, 0.5) is 4.79 Å². The van der Waals surface area contributed by atoms with Crippen molar-refractivity contribution in [3.05, 3.63) is 0 Å². The van der Waals surface area contributed by atoms with Crippen LogP contribution in [0, 0.1) is 17.3 Å². The topological polar surface area (TPSA) is 72.1 Å². The molecule has 2 N–H and O–H groups in total. The fourth-order valence-electron chi connectivity index (χ4n) is 6.31. The van der Waals surface area contributed by atoms with Gasteiger partial charge >= 0.3 is 13.2 Å². The molecule has 0 aromatic carbocycles. The summed E-state index contributed by atoms with van der Waals surface area (Å²) in [5.41, 5.74) is 3.02. The fourth-order valence-corrected chi connectivity index (χ4v) is 6.31. The highest BCUT2D eigenvalue weighted by Gasteiger charge is 2.69. The van der Waals surface area contributed by atoms with Gasteiger partial charge in [-0.1, -0.05) is 13.8 Å². The van der Waals surface area contributed by atoms with E-state index in [0.717, 1.165) is 44.7 Å². The van der Waals surface area contributed by atoms with E-state index >= 15 is 0 Å². The summed E-state index contributed by atoms with van der Waals surface area (Å²) in [7, 11) is -0.335. The number of likely N-dealkylation sites (tertiary alicyclic amines) is 1. The van der Waals surface area contributed by atoms with Crippen molar-refractivity contribution in [2.24, 2.45) is 17.3 Å². The van der Waals surface area contributed by atoms with Crippen LogP contribution in [0.3, 0.4) is 0 Å². The van der Waals surface area contributed by atoms with Gasteiger partial charge in [0.05, 0.1) is 23.7 Å². The number of carbonyl (C=O) groups is 1. The van der Waals surface area contributed by atoms with Crippen molar-refractivity contribution in [3.8, 4) is 0 Å². The average molecular weight is 377 g/mol. The maximum Gasteiger partial charge on any atom is 0.482 e. The molecule has 6 rings (SSSR count). The van der Waals surface area contributed by atoms with Gasteiger partial charge in [0, 0.05) is 13.1 Å². The third-order valence-electron chi connectivity index (χ3n) is 8.19. The zero-order valence-corrected chi connectivity index (χ0v) is 16.7. The number of nitrogens with zero attached hydrogens (tertiary/aromatic N) is 1. The van der Waals surface area contributed by atoms with E-state index in [-0.39, 0.29) is 36.9 Å². The van der Waals surface area contributed by atoms with Gasteiger partial charge in [-0.3, -0.25) is 0 Å². The monoisotopic (exact) mass is 377 g/mol. The molecule has 7 nitrogen and oxygen atoms in total. The summed E-state index contributed by atoms with van der Waals surface area (Å²) < 4.78 is 13.0. The number of hydrogen-bond acceptors (Lipinski definition) is 6. The summed E-state index contributed by atoms with van der Waals surface area (Å²) in [5, 5.41) is 3.26. The minimum atomic E-state index is -0.335. The van der Waals surface area contributed by atoms with E-state index in [0.29, 0.717) is 17.9 Å². The molecule has 6 fully saturated rings. The van der Waals surface area contributed by atoms with E-state index < -0.39 is 0 Å². The van der Waals surface area contributed by atoms with Gasteiger partial charge in [0.2, 0.25) is 0 Å². The predicted molar refractivity (Wildman–Crippen MR) is 101 cm³/mol. The Morgan fingerprint density at radius 2 is 2.15 bits per heavy atom. The van der Waals surface area contributed by atoms with Crippen molar-refractivity contribution in [3.63, 3.8) is 0 Å². The van der Waals surface area contributed by atoms with Crippen LogP contribution in [0.2, 0.25) is 0 Å². The van der Waals surface area contributed by atoms with Crippen molar-refractivity contribution >= 4 is 13.2 Å². The number of carbonyl (C=O) groups excluding carboxylic acids is 1. The van der Waals surface area contributed by atoms with E-state index in [1.54, 1.807) is 4.90 Å².